The molecule has 0 unspecified atom stereocenters. The van der Waals surface area contributed by atoms with Crippen LogP contribution in [0.4, 0.5) is 0 Å². The van der Waals surface area contributed by atoms with Crippen molar-refractivity contribution in [2.75, 3.05) is 7.11 Å². The second kappa shape index (κ2) is 6.96. The third-order valence-corrected chi connectivity index (χ3v) is 3.67. The number of hydrogen-bond donors (Lipinski definition) is 1. The van der Waals surface area contributed by atoms with E-state index in [1.165, 1.54) is 0 Å². The van der Waals surface area contributed by atoms with Gasteiger partial charge in [0, 0.05) is 18.5 Å². The molecule has 1 N–H and O–H groups in total. The van der Waals surface area contributed by atoms with Crippen molar-refractivity contribution in [1.82, 2.24) is 5.32 Å². The Morgan fingerprint density at radius 3 is 2.87 bits per heavy atom. The van der Waals surface area contributed by atoms with E-state index in [0.29, 0.717) is 13.0 Å². The number of hydrogen-bond acceptors (Lipinski definition) is 4. The number of oxime groups is 1. The van der Waals surface area contributed by atoms with E-state index >= 15 is 0 Å². The minimum atomic E-state index is -0.583. The first-order valence-electron chi connectivity index (χ1n) is 7.45. The van der Waals surface area contributed by atoms with Crippen LogP contribution in [0, 0.1) is 0 Å². The van der Waals surface area contributed by atoms with Gasteiger partial charge in [-0.3, -0.25) is 4.79 Å². The molecular weight excluding hydrogens is 292 g/mol. The van der Waals surface area contributed by atoms with Gasteiger partial charge in [-0.1, -0.05) is 47.6 Å². The fourth-order valence-corrected chi connectivity index (χ4v) is 2.39. The molecule has 1 amide bonds. The fourth-order valence-electron chi connectivity index (χ4n) is 2.39. The molecule has 1 heterocycles. The standard InChI is InChI=1S/C18H18N2O3/c1-22-15-9-5-8-14(10-15)16-11-17(23-20-16)18(21)19-12-13-6-3-2-4-7-13/h2-10,17H,11-12H2,1H3,(H,19,21)/t17-/m1/s1. The predicted octanol–water partition coefficient (Wildman–Crippen LogP) is 2.50. The predicted molar refractivity (Wildman–Crippen MR) is 87.3 cm³/mol. The third-order valence-electron chi connectivity index (χ3n) is 3.67. The van der Waals surface area contributed by atoms with Crippen LogP contribution in [0.5, 0.6) is 5.75 Å². The van der Waals surface area contributed by atoms with Crippen LogP contribution in [0.25, 0.3) is 0 Å². The number of methoxy groups -OCH3 is 1. The number of carbonyl (C=O) groups excluding carboxylic acids is 1. The SMILES string of the molecule is COc1cccc(C2=NO[C@@H](C(=O)NCc3ccccc3)C2)c1. The number of benzene rings is 2. The maximum Gasteiger partial charge on any atom is 0.264 e. The molecule has 1 aliphatic heterocycles. The van der Waals surface area contributed by atoms with Crippen molar-refractivity contribution in [3.8, 4) is 5.75 Å². The molecule has 0 saturated heterocycles. The van der Waals surface area contributed by atoms with Crippen LogP contribution in [-0.4, -0.2) is 24.8 Å². The van der Waals surface area contributed by atoms with Crippen LogP contribution < -0.4 is 10.1 Å². The van der Waals surface area contributed by atoms with Gasteiger partial charge in [0.05, 0.1) is 12.8 Å². The molecule has 0 aliphatic carbocycles. The first kappa shape index (κ1) is 15.1. The van der Waals surface area contributed by atoms with E-state index in [1.54, 1.807) is 7.11 Å². The van der Waals surface area contributed by atoms with Gasteiger partial charge in [-0.2, -0.15) is 0 Å². The highest BCUT2D eigenvalue weighted by atomic mass is 16.6. The summed E-state index contributed by atoms with van der Waals surface area (Å²) in [4.78, 5) is 17.5. The molecule has 0 saturated carbocycles. The van der Waals surface area contributed by atoms with Gasteiger partial charge in [0.2, 0.25) is 6.10 Å². The van der Waals surface area contributed by atoms with Crippen LogP contribution in [-0.2, 0) is 16.2 Å². The van der Waals surface area contributed by atoms with Crippen molar-refractivity contribution >= 4 is 11.6 Å². The number of ether oxygens (including phenoxy) is 1. The number of nitrogens with zero attached hydrogens (tertiary/aromatic N) is 1. The average molecular weight is 310 g/mol. The maximum atomic E-state index is 12.2. The summed E-state index contributed by atoms with van der Waals surface area (Å²) >= 11 is 0. The summed E-state index contributed by atoms with van der Waals surface area (Å²) in [5, 5.41) is 6.91. The molecule has 0 fully saturated rings. The fraction of sp³-hybridized carbons (Fsp3) is 0.222. The molecule has 23 heavy (non-hydrogen) atoms. The lowest BCUT2D eigenvalue weighted by Gasteiger charge is -2.09. The number of nitrogens with one attached hydrogen (secondary N) is 1. The van der Waals surface area contributed by atoms with E-state index in [4.69, 9.17) is 9.57 Å². The smallest absolute Gasteiger partial charge is 0.264 e. The Bertz CT molecular complexity index is 713. The highest BCUT2D eigenvalue weighted by Crippen LogP contribution is 2.20. The lowest BCUT2D eigenvalue weighted by atomic mass is 10.0. The summed E-state index contributed by atoms with van der Waals surface area (Å²) in [5.74, 6) is 0.595. The van der Waals surface area contributed by atoms with Gasteiger partial charge >= 0.3 is 0 Å². The summed E-state index contributed by atoms with van der Waals surface area (Å²) in [5.41, 5.74) is 2.71. The molecule has 2 aromatic carbocycles. The van der Waals surface area contributed by atoms with Crippen LogP contribution in [0.15, 0.2) is 59.8 Å². The lowest BCUT2D eigenvalue weighted by Crippen LogP contribution is -2.34. The van der Waals surface area contributed by atoms with Gasteiger partial charge < -0.3 is 14.9 Å². The van der Waals surface area contributed by atoms with Gasteiger partial charge in [0.15, 0.2) is 0 Å². The third kappa shape index (κ3) is 3.69. The van der Waals surface area contributed by atoms with E-state index < -0.39 is 6.10 Å². The number of carbonyl (C=O) groups is 1. The summed E-state index contributed by atoms with van der Waals surface area (Å²) in [6.07, 6.45) is -0.131. The van der Waals surface area contributed by atoms with E-state index in [2.05, 4.69) is 10.5 Å². The first-order valence-corrected chi connectivity index (χ1v) is 7.45. The second-order valence-electron chi connectivity index (χ2n) is 5.27. The minimum Gasteiger partial charge on any atom is -0.497 e. The van der Waals surface area contributed by atoms with Crippen LogP contribution >= 0.6 is 0 Å². The molecular formula is C18H18N2O3. The van der Waals surface area contributed by atoms with E-state index in [9.17, 15) is 4.79 Å². The maximum absolute atomic E-state index is 12.2. The number of rotatable bonds is 5. The molecule has 118 valence electrons. The molecule has 1 atom stereocenters. The van der Waals surface area contributed by atoms with E-state index in [-0.39, 0.29) is 5.91 Å². The summed E-state index contributed by atoms with van der Waals surface area (Å²) in [6.45, 7) is 0.480. The molecule has 5 heteroatoms. The molecule has 2 aromatic rings. The van der Waals surface area contributed by atoms with Crippen molar-refractivity contribution in [3.05, 3.63) is 65.7 Å². The van der Waals surface area contributed by atoms with Crippen molar-refractivity contribution < 1.29 is 14.4 Å². The highest BCUT2D eigenvalue weighted by Gasteiger charge is 2.28. The van der Waals surface area contributed by atoms with Crippen LogP contribution in [0.1, 0.15) is 17.5 Å². The van der Waals surface area contributed by atoms with Gasteiger partial charge in [-0.05, 0) is 17.7 Å². The van der Waals surface area contributed by atoms with Crippen LogP contribution in [0.2, 0.25) is 0 Å². The molecule has 1 aliphatic rings. The Hall–Kier alpha value is -2.82. The molecule has 0 radical (unpaired) electrons. The normalized spacial score (nSPS) is 16.4. The minimum absolute atomic E-state index is 0.157. The Morgan fingerprint density at radius 2 is 2.09 bits per heavy atom. The summed E-state index contributed by atoms with van der Waals surface area (Å²) < 4.78 is 5.20. The summed E-state index contributed by atoms with van der Waals surface area (Å²) in [6, 6.07) is 17.3. The summed E-state index contributed by atoms with van der Waals surface area (Å²) in [7, 11) is 1.62. The van der Waals surface area contributed by atoms with Gasteiger partial charge in [0.1, 0.15) is 5.75 Å². The average Bonchev–Trinajstić information content (AvgIpc) is 3.11. The van der Waals surface area contributed by atoms with Crippen molar-refractivity contribution in [2.45, 2.75) is 19.1 Å². The molecule has 0 aromatic heterocycles. The Morgan fingerprint density at radius 1 is 1.26 bits per heavy atom. The van der Waals surface area contributed by atoms with Gasteiger partial charge in [0.25, 0.3) is 5.91 Å². The second-order valence-corrected chi connectivity index (χ2v) is 5.27. The number of amides is 1. The van der Waals surface area contributed by atoms with Gasteiger partial charge in [-0.25, -0.2) is 0 Å². The quantitative estimate of drug-likeness (QED) is 0.923. The molecule has 0 bridgehead atoms. The Labute approximate surface area is 134 Å². The topological polar surface area (TPSA) is 59.9 Å². The largest absolute Gasteiger partial charge is 0.497 e. The van der Waals surface area contributed by atoms with E-state index in [1.807, 2.05) is 54.6 Å². The molecule has 3 rings (SSSR count). The monoisotopic (exact) mass is 310 g/mol. The zero-order chi connectivity index (χ0) is 16.1. The van der Waals surface area contributed by atoms with Crippen molar-refractivity contribution in [3.63, 3.8) is 0 Å². The zero-order valence-electron chi connectivity index (χ0n) is 12.9. The lowest BCUT2D eigenvalue weighted by molar-refractivity contribution is -0.131. The molecule has 5 nitrogen and oxygen atoms in total. The highest BCUT2D eigenvalue weighted by molar-refractivity contribution is 6.04. The zero-order valence-corrected chi connectivity index (χ0v) is 12.9. The van der Waals surface area contributed by atoms with Crippen molar-refractivity contribution in [2.24, 2.45) is 5.16 Å². The Balaban J connectivity index is 1.57. The van der Waals surface area contributed by atoms with E-state index in [0.717, 1.165) is 22.6 Å². The van der Waals surface area contributed by atoms with Crippen LogP contribution in [0.3, 0.4) is 0 Å². The first-order chi connectivity index (χ1) is 11.3. The van der Waals surface area contributed by atoms with Gasteiger partial charge in [-0.15, -0.1) is 0 Å². The Kier molecular flexibility index (Phi) is 4.57. The molecule has 0 spiro atoms. The van der Waals surface area contributed by atoms with Crippen molar-refractivity contribution in [1.29, 1.82) is 0 Å².